The van der Waals surface area contributed by atoms with Crippen molar-refractivity contribution in [3.63, 3.8) is 0 Å². The number of rotatable bonds is 6. The maximum Gasteiger partial charge on any atom is 0.128 e. The quantitative estimate of drug-likeness (QED) is 0.753. The van der Waals surface area contributed by atoms with Crippen LogP contribution in [0.4, 0.5) is 5.82 Å². The van der Waals surface area contributed by atoms with E-state index in [0.29, 0.717) is 6.04 Å². The van der Waals surface area contributed by atoms with Gasteiger partial charge in [-0.2, -0.15) is 0 Å². The van der Waals surface area contributed by atoms with E-state index < -0.39 is 0 Å². The molecule has 0 aliphatic heterocycles. The molecule has 1 aromatic heterocycles. The van der Waals surface area contributed by atoms with Gasteiger partial charge in [-0.25, -0.2) is 4.98 Å². The highest BCUT2D eigenvalue weighted by Crippen LogP contribution is 2.15. The number of nitrogens with zero attached hydrogens (tertiary/aromatic N) is 3. The normalized spacial score (nSPS) is 12.8. The number of anilines is 1. The van der Waals surface area contributed by atoms with Gasteiger partial charge in [0.1, 0.15) is 5.82 Å². The fraction of sp³-hybridized carbons (Fsp3) is 0.615. The Kier molecular flexibility index (Phi) is 5.92. The zero-order valence-electron chi connectivity index (χ0n) is 11.2. The third kappa shape index (κ3) is 4.28. The average molecular weight is 300 g/mol. The predicted molar refractivity (Wildman–Crippen MR) is 77.9 cm³/mol. The second-order valence-corrected chi connectivity index (χ2v) is 5.12. The van der Waals surface area contributed by atoms with Crippen molar-refractivity contribution in [2.75, 3.05) is 32.1 Å². The molecule has 4 heteroatoms. The van der Waals surface area contributed by atoms with Gasteiger partial charge in [0.15, 0.2) is 0 Å². The first-order valence-electron chi connectivity index (χ1n) is 6.00. The maximum atomic E-state index is 4.53. The van der Waals surface area contributed by atoms with Crippen LogP contribution >= 0.6 is 15.9 Å². The highest BCUT2D eigenvalue weighted by Gasteiger charge is 2.14. The first kappa shape index (κ1) is 14.5. The molecule has 0 saturated heterocycles. The maximum absolute atomic E-state index is 4.53. The number of halogens is 1. The zero-order valence-corrected chi connectivity index (χ0v) is 12.7. The lowest BCUT2D eigenvalue weighted by molar-refractivity contribution is 0.372. The van der Waals surface area contributed by atoms with Gasteiger partial charge in [-0.3, -0.25) is 0 Å². The van der Waals surface area contributed by atoms with Crippen LogP contribution in [0.3, 0.4) is 0 Å². The third-order valence-corrected chi connectivity index (χ3v) is 3.41. The van der Waals surface area contributed by atoms with Gasteiger partial charge >= 0.3 is 0 Å². The van der Waals surface area contributed by atoms with Crippen molar-refractivity contribution < 1.29 is 0 Å². The summed E-state index contributed by atoms with van der Waals surface area (Å²) in [4.78, 5) is 9.07. The highest BCUT2D eigenvalue weighted by molar-refractivity contribution is 9.08. The van der Waals surface area contributed by atoms with Gasteiger partial charge < -0.3 is 9.80 Å². The topological polar surface area (TPSA) is 19.4 Å². The van der Waals surface area contributed by atoms with Crippen molar-refractivity contribution in [3.05, 3.63) is 23.9 Å². The van der Waals surface area contributed by atoms with Crippen LogP contribution in [0.2, 0.25) is 0 Å². The summed E-state index contributed by atoms with van der Waals surface area (Å²) in [6.07, 6.45) is 1.94. The molecule has 0 saturated carbocycles. The van der Waals surface area contributed by atoms with E-state index in [2.05, 4.69) is 70.8 Å². The molecular weight excluding hydrogens is 278 g/mol. The number of likely N-dealkylation sites (N-methyl/N-ethyl adjacent to an activating group) is 2. The summed E-state index contributed by atoms with van der Waals surface area (Å²) in [5, 5.41) is 0.861. The highest BCUT2D eigenvalue weighted by atomic mass is 79.9. The van der Waals surface area contributed by atoms with Crippen LogP contribution in [0.15, 0.2) is 18.3 Å². The van der Waals surface area contributed by atoms with Gasteiger partial charge in [0, 0.05) is 30.7 Å². The van der Waals surface area contributed by atoms with Crippen molar-refractivity contribution in [1.29, 1.82) is 0 Å². The van der Waals surface area contributed by atoms with Crippen LogP contribution in [-0.2, 0) is 5.33 Å². The van der Waals surface area contributed by atoms with E-state index in [1.807, 2.05) is 6.20 Å². The fourth-order valence-electron chi connectivity index (χ4n) is 1.99. The number of hydrogen-bond donors (Lipinski definition) is 0. The van der Waals surface area contributed by atoms with Crippen molar-refractivity contribution in [3.8, 4) is 0 Å². The molecule has 96 valence electrons. The Morgan fingerprint density at radius 3 is 2.47 bits per heavy atom. The SMILES string of the molecule is CCN(c1ccc(CBr)cn1)C(C)CN(C)C. The Morgan fingerprint density at radius 2 is 2.06 bits per heavy atom. The predicted octanol–water partition coefficient (Wildman–Crippen LogP) is 2.75. The van der Waals surface area contributed by atoms with Gasteiger partial charge in [-0.1, -0.05) is 22.0 Å². The van der Waals surface area contributed by atoms with Crippen molar-refractivity contribution in [1.82, 2.24) is 9.88 Å². The smallest absolute Gasteiger partial charge is 0.128 e. The fourth-order valence-corrected chi connectivity index (χ4v) is 2.32. The van der Waals surface area contributed by atoms with Crippen LogP contribution in [0.5, 0.6) is 0 Å². The summed E-state index contributed by atoms with van der Waals surface area (Å²) >= 11 is 3.44. The lowest BCUT2D eigenvalue weighted by Gasteiger charge is -2.31. The molecular formula is C13H22BrN3. The van der Waals surface area contributed by atoms with Gasteiger partial charge in [-0.05, 0) is 39.6 Å². The van der Waals surface area contributed by atoms with Gasteiger partial charge in [0.25, 0.3) is 0 Å². The van der Waals surface area contributed by atoms with Crippen LogP contribution in [0.1, 0.15) is 19.4 Å². The lowest BCUT2D eigenvalue weighted by Crippen LogP contribution is -2.40. The molecule has 0 N–H and O–H groups in total. The molecule has 3 nitrogen and oxygen atoms in total. The van der Waals surface area contributed by atoms with E-state index in [1.165, 1.54) is 5.56 Å². The third-order valence-electron chi connectivity index (χ3n) is 2.76. The van der Waals surface area contributed by atoms with E-state index in [1.54, 1.807) is 0 Å². The molecule has 0 spiro atoms. The molecule has 0 fully saturated rings. The molecule has 1 unspecified atom stereocenters. The van der Waals surface area contributed by atoms with E-state index >= 15 is 0 Å². The molecule has 1 aromatic rings. The first-order chi connectivity index (χ1) is 8.08. The van der Waals surface area contributed by atoms with Crippen molar-refractivity contribution in [2.24, 2.45) is 0 Å². The molecule has 0 aromatic carbocycles. The van der Waals surface area contributed by atoms with Gasteiger partial charge in [-0.15, -0.1) is 0 Å². The molecule has 1 heterocycles. The Hall–Kier alpha value is -0.610. The summed E-state index contributed by atoms with van der Waals surface area (Å²) < 4.78 is 0. The summed E-state index contributed by atoms with van der Waals surface area (Å²) in [6.45, 7) is 6.43. The minimum Gasteiger partial charge on any atom is -0.353 e. The zero-order chi connectivity index (χ0) is 12.8. The van der Waals surface area contributed by atoms with Gasteiger partial charge in [0.05, 0.1) is 0 Å². The van der Waals surface area contributed by atoms with E-state index in [-0.39, 0.29) is 0 Å². The summed E-state index contributed by atoms with van der Waals surface area (Å²) in [5.41, 5.74) is 1.21. The van der Waals surface area contributed by atoms with Crippen LogP contribution in [0.25, 0.3) is 0 Å². The molecule has 0 radical (unpaired) electrons. The summed E-state index contributed by atoms with van der Waals surface area (Å²) in [6, 6.07) is 4.70. The van der Waals surface area contributed by atoms with E-state index in [0.717, 1.165) is 24.2 Å². The monoisotopic (exact) mass is 299 g/mol. The average Bonchev–Trinajstić information content (AvgIpc) is 2.30. The van der Waals surface area contributed by atoms with Crippen LogP contribution in [-0.4, -0.2) is 43.1 Å². The second-order valence-electron chi connectivity index (χ2n) is 4.56. The molecule has 1 rings (SSSR count). The molecule has 17 heavy (non-hydrogen) atoms. The largest absolute Gasteiger partial charge is 0.353 e. The number of pyridine rings is 1. The standard InChI is InChI=1S/C13H22BrN3/c1-5-17(11(2)10-16(3)4)13-7-6-12(8-14)9-15-13/h6-7,9,11H,5,8,10H2,1-4H3. The Morgan fingerprint density at radius 1 is 1.35 bits per heavy atom. The molecule has 0 amide bonds. The Balaban J connectivity index is 2.77. The minimum absolute atomic E-state index is 0.470. The van der Waals surface area contributed by atoms with Gasteiger partial charge in [0.2, 0.25) is 0 Å². The van der Waals surface area contributed by atoms with E-state index in [9.17, 15) is 0 Å². The molecule has 0 aliphatic rings. The number of hydrogen-bond acceptors (Lipinski definition) is 3. The first-order valence-corrected chi connectivity index (χ1v) is 7.12. The number of alkyl halides is 1. The lowest BCUT2D eigenvalue weighted by atomic mass is 10.2. The Bertz CT molecular complexity index is 324. The molecule has 0 aliphatic carbocycles. The summed E-state index contributed by atoms with van der Waals surface area (Å²) in [7, 11) is 4.21. The molecule has 0 bridgehead atoms. The summed E-state index contributed by atoms with van der Waals surface area (Å²) in [5.74, 6) is 1.06. The number of aromatic nitrogens is 1. The van der Waals surface area contributed by atoms with Crippen LogP contribution in [0, 0.1) is 0 Å². The van der Waals surface area contributed by atoms with Crippen molar-refractivity contribution in [2.45, 2.75) is 25.2 Å². The van der Waals surface area contributed by atoms with Crippen LogP contribution < -0.4 is 4.90 Å². The molecule has 1 atom stereocenters. The van der Waals surface area contributed by atoms with Crippen molar-refractivity contribution >= 4 is 21.7 Å². The second kappa shape index (κ2) is 6.97. The van der Waals surface area contributed by atoms with E-state index in [4.69, 9.17) is 0 Å². The minimum atomic E-state index is 0.470. The Labute approximate surface area is 113 Å².